The van der Waals surface area contributed by atoms with Gasteiger partial charge in [-0.1, -0.05) is 48.0 Å². The van der Waals surface area contributed by atoms with Crippen molar-refractivity contribution in [2.45, 2.75) is 26.4 Å². The number of benzene rings is 2. The summed E-state index contributed by atoms with van der Waals surface area (Å²) in [6, 6.07) is 15.1. The minimum absolute atomic E-state index is 0.481. The van der Waals surface area contributed by atoms with Crippen LogP contribution in [0.3, 0.4) is 0 Å². The second-order valence-corrected chi connectivity index (χ2v) is 6.27. The molecular weight excluding hydrogens is 326 g/mol. The average Bonchev–Trinajstić information content (AvgIpc) is 2.89. The second kappa shape index (κ2) is 6.00. The van der Waals surface area contributed by atoms with Crippen LogP contribution in [-0.4, -0.2) is 15.6 Å². The molecule has 0 aliphatic heterocycles. The van der Waals surface area contributed by atoms with E-state index in [4.69, 9.17) is 0 Å². The first-order valence-corrected chi connectivity index (χ1v) is 7.89. The van der Waals surface area contributed by atoms with Gasteiger partial charge in [-0.2, -0.15) is 0 Å². The molecule has 0 spiro atoms. The molecule has 0 aliphatic rings. The third-order valence-corrected chi connectivity index (χ3v) is 4.21. The Morgan fingerprint density at radius 2 is 2.00 bits per heavy atom. The normalized spacial score (nSPS) is 11.4. The fourth-order valence-corrected chi connectivity index (χ4v) is 2.82. The van der Waals surface area contributed by atoms with Gasteiger partial charge in [0.2, 0.25) is 0 Å². The molecular formula is C17H18BrN3. The first-order chi connectivity index (χ1) is 10.1. The lowest BCUT2D eigenvalue weighted by Gasteiger charge is -2.12. The predicted octanol–water partition coefficient (Wildman–Crippen LogP) is 4.29. The van der Waals surface area contributed by atoms with Crippen LogP contribution in [0.1, 0.15) is 19.4 Å². The summed E-state index contributed by atoms with van der Waals surface area (Å²) in [5.41, 5.74) is 4.51. The van der Waals surface area contributed by atoms with Crippen LogP contribution in [0.15, 0.2) is 53.3 Å². The molecule has 1 N–H and O–H groups in total. The maximum absolute atomic E-state index is 4.44. The van der Waals surface area contributed by atoms with Crippen LogP contribution >= 0.6 is 15.9 Å². The number of nitrogens with zero attached hydrogens (tertiary/aromatic N) is 2. The number of hydrogen-bond donors (Lipinski definition) is 1. The van der Waals surface area contributed by atoms with Crippen LogP contribution in [0.25, 0.3) is 16.7 Å². The predicted molar refractivity (Wildman–Crippen MR) is 90.7 cm³/mol. The Labute approximate surface area is 133 Å². The van der Waals surface area contributed by atoms with Crippen LogP contribution in [0, 0.1) is 0 Å². The summed E-state index contributed by atoms with van der Waals surface area (Å²) in [4.78, 5) is 4.44. The van der Waals surface area contributed by atoms with Gasteiger partial charge in [0.1, 0.15) is 6.33 Å². The summed E-state index contributed by atoms with van der Waals surface area (Å²) in [5.74, 6) is 0. The fraction of sp³-hybridized carbons (Fsp3) is 0.235. The summed E-state index contributed by atoms with van der Waals surface area (Å²) in [6.45, 7) is 5.17. The number of rotatable bonds is 4. The molecule has 2 aromatic carbocycles. The highest BCUT2D eigenvalue weighted by Gasteiger charge is 2.07. The molecule has 0 aliphatic carbocycles. The number of fused-ring (bicyclic) bond motifs is 1. The second-order valence-electron chi connectivity index (χ2n) is 5.41. The topological polar surface area (TPSA) is 29.9 Å². The maximum atomic E-state index is 4.44. The van der Waals surface area contributed by atoms with Crippen molar-refractivity contribution in [2.24, 2.45) is 0 Å². The third kappa shape index (κ3) is 3.01. The highest BCUT2D eigenvalue weighted by molar-refractivity contribution is 9.10. The monoisotopic (exact) mass is 343 g/mol. The molecule has 4 heteroatoms. The highest BCUT2D eigenvalue weighted by atomic mass is 79.9. The Hall–Kier alpha value is -1.65. The Kier molecular flexibility index (Phi) is 4.08. The Morgan fingerprint density at radius 3 is 2.76 bits per heavy atom. The van der Waals surface area contributed by atoms with E-state index in [1.54, 1.807) is 0 Å². The first kappa shape index (κ1) is 14.3. The van der Waals surface area contributed by atoms with E-state index in [1.807, 2.05) is 24.5 Å². The van der Waals surface area contributed by atoms with Crippen molar-refractivity contribution >= 4 is 27.0 Å². The van der Waals surface area contributed by atoms with E-state index in [9.17, 15) is 0 Å². The average molecular weight is 344 g/mol. The number of halogens is 1. The van der Waals surface area contributed by atoms with Crippen molar-refractivity contribution in [3.63, 3.8) is 0 Å². The van der Waals surface area contributed by atoms with Gasteiger partial charge in [-0.15, -0.1) is 0 Å². The van der Waals surface area contributed by atoms with Crippen molar-refractivity contribution in [1.29, 1.82) is 0 Å². The smallest absolute Gasteiger partial charge is 0.100 e. The summed E-state index contributed by atoms with van der Waals surface area (Å²) < 4.78 is 3.23. The van der Waals surface area contributed by atoms with Gasteiger partial charge in [-0.25, -0.2) is 4.98 Å². The molecule has 1 heterocycles. The number of imidazole rings is 1. The molecule has 0 radical (unpaired) electrons. The molecule has 21 heavy (non-hydrogen) atoms. The van der Waals surface area contributed by atoms with Gasteiger partial charge >= 0.3 is 0 Å². The summed E-state index contributed by atoms with van der Waals surface area (Å²) >= 11 is 3.67. The maximum Gasteiger partial charge on any atom is 0.100 e. The number of aromatic nitrogens is 2. The minimum Gasteiger partial charge on any atom is -0.310 e. The number of para-hydroxylation sites is 2. The zero-order valence-electron chi connectivity index (χ0n) is 12.2. The molecule has 0 saturated carbocycles. The molecule has 3 rings (SSSR count). The van der Waals surface area contributed by atoms with Gasteiger partial charge in [0.25, 0.3) is 0 Å². The largest absolute Gasteiger partial charge is 0.310 e. The molecule has 1 aromatic heterocycles. The van der Waals surface area contributed by atoms with Gasteiger partial charge in [-0.3, -0.25) is 4.57 Å². The summed E-state index contributed by atoms with van der Waals surface area (Å²) in [5, 5.41) is 3.44. The van der Waals surface area contributed by atoms with Gasteiger partial charge < -0.3 is 5.32 Å². The molecule has 0 saturated heterocycles. The number of hydrogen-bond acceptors (Lipinski definition) is 2. The van der Waals surface area contributed by atoms with Crippen molar-refractivity contribution in [3.05, 3.63) is 58.8 Å². The molecule has 3 aromatic rings. The molecule has 0 amide bonds. The zero-order valence-corrected chi connectivity index (χ0v) is 13.8. The third-order valence-electron chi connectivity index (χ3n) is 3.47. The van der Waals surface area contributed by atoms with Gasteiger partial charge in [-0.05, 0) is 29.8 Å². The van der Waals surface area contributed by atoms with Crippen molar-refractivity contribution < 1.29 is 0 Å². The van der Waals surface area contributed by atoms with Crippen LogP contribution in [0.5, 0.6) is 0 Å². The van der Waals surface area contributed by atoms with E-state index in [0.29, 0.717) is 6.04 Å². The lowest BCUT2D eigenvalue weighted by Crippen LogP contribution is -2.22. The fourth-order valence-electron chi connectivity index (χ4n) is 2.31. The zero-order chi connectivity index (χ0) is 14.8. The Balaban J connectivity index is 1.95. The van der Waals surface area contributed by atoms with Gasteiger partial charge in [0.15, 0.2) is 0 Å². The van der Waals surface area contributed by atoms with E-state index in [2.05, 4.69) is 68.9 Å². The molecule has 0 bridgehead atoms. The van der Waals surface area contributed by atoms with E-state index >= 15 is 0 Å². The SMILES string of the molecule is CC(C)NCc1ccc(-n2cnc3ccccc32)cc1Br. The van der Waals surface area contributed by atoms with Crippen LogP contribution < -0.4 is 5.32 Å². The van der Waals surface area contributed by atoms with Gasteiger partial charge in [0, 0.05) is 22.7 Å². The Bertz CT molecular complexity index is 762. The van der Waals surface area contributed by atoms with E-state index in [0.717, 1.165) is 27.7 Å². The number of nitrogens with one attached hydrogen (secondary N) is 1. The quantitative estimate of drug-likeness (QED) is 0.765. The van der Waals surface area contributed by atoms with Crippen LogP contribution in [-0.2, 0) is 6.54 Å². The van der Waals surface area contributed by atoms with Crippen LogP contribution in [0.4, 0.5) is 0 Å². The van der Waals surface area contributed by atoms with Crippen molar-refractivity contribution in [1.82, 2.24) is 14.9 Å². The highest BCUT2D eigenvalue weighted by Crippen LogP contribution is 2.24. The van der Waals surface area contributed by atoms with E-state index in [1.165, 1.54) is 5.56 Å². The van der Waals surface area contributed by atoms with Crippen molar-refractivity contribution in [3.8, 4) is 5.69 Å². The lowest BCUT2D eigenvalue weighted by atomic mass is 10.2. The van der Waals surface area contributed by atoms with Crippen LogP contribution in [0.2, 0.25) is 0 Å². The molecule has 108 valence electrons. The van der Waals surface area contributed by atoms with E-state index < -0.39 is 0 Å². The van der Waals surface area contributed by atoms with Gasteiger partial charge in [0.05, 0.1) is 11.0 Å². The molecule has 0 unspecified atom stereocenters. The standard InChI is InChI=1S/C17H18BrN3/c1-12(2)19-10-13-7-8-14(9-15(13)18)21-11-20-16-5-3-4-6-17(16)21/h3-9,11-12,19H,10H2,1-2H3. The lowest BCUT2D eigenvalue weighted by molar-refractivity contribution is 0.588. The summed E-state index contributed by atoms with van der Waals surface area (Å²) in [6.07, 6.45) is 1.87. The molecule has 3 nitrogen and oxygen atoms in total. The Morgan fingerprint density at radius 1 is 1.19 bits per heavy atom. The molecule has 0 atom stereocenters. The van der Waals surface area contributed by atoms with E-state index in [-0.39, 0.29) is 0 Å². The minimum atomic E-state index is 0.481. The molecule has 0 fully saturated rings. The summed E-state index contributed by atoms with van der Waals surface area (Å²) in [7, 11) is 0. The van der Waals surface area contributed by atoms with Crippen molar-refractivity contribution in [2.75, 3.05) is 0 Å². The first-order valence-electron chi connectivity index (χ1n) is 7.09.